The Kier molecular flexibility index (Phi) is 9.72. The van der Waals surface area contributed by atoms with Crippen molar-refractivity contribution in [1.29, 1.82) is 0 Å². The molecule has 38 heavy (non-hydrogen) atoms. The average Bonchev–Trinajstić information content (AvgIpc) is 2.93. The highest BCUT2D eigenvalue weighted by atomic mass is 32.2. The van der Waals surface area contributed by atoms with E-state index in [1.54, 1.807) is 62.6 Å². The standard InChI is InChI=1S/C28H33N3O6S/c1-21(28(33)29-2)30(18-22-10-14-25(36-3)15-11-22)27(32)19-31(38(4,34)35)24-12-16-26(17-13-24)37-20-23-8-6-5-7-9-23/h5-17,21H,18-20H2,1-4H3,(H,29,33). The Balaban J connectivity index is 1.80. The zero-order valence-electron chi connectivity index (χ0n) is 22.0. The zero-order valence-corrected chi connectivity index (χ0v) is 22.8. The number of benzene rings is 3. The van der Waals surface area contributed by atoms with E-state index in [2.05, 4.69) is 5.32 Å². The number of ether oxygens (including phenoxy) is 2. The minimum absolute atomic E-state index is 0.112. The topological polar surface area (TPSA) is 105 Å². The van der Waals surface area contributed by atoms with E-state index in [1.165, 1.54) is 11.9 Å². The molecular weight excluding hydrogens is 506 g/mol. The molecule has 0 saturated heterocycles. The first kappa shape index (κ1) is 28.5. The Labute approximate surface area is 224 Å². The number of carbonyl (C=O) groups excluding carboxylic acids is 2. The molecule has 10 heteroatoms. The normalized spacial score (nSPS) is 11.8. The molecule has 0 saturated carbocycles. The summed E-state index contributed by atoms with van der Waals surface area (Å²) in [6, 6.07) is 22.4. The van der Waals surface area contributed by atoms with Gasteiger partial charge in [0.2, 0.25) is 21.8 Å². The minimum Gasteiger partial charge on any atom is -0.497 e. The SMILES string of the molecule is CNC(=O)C(C)N(Cc1ccc(OC)cc1)C(=O)CN(c1ccc(OCc2ccccc2)cc1)S(C)(=O)=O. The Bertz CT molecular complexity index is 1310. The van der Waals surface area contributed by atoms with Gasteiger partial charge >= 0.3 is 0 Å². The number of nitrogens with zero attached hydrogens (tertiary/aromatic N) is 2. The third-order valence-electron chi connectivity index (χ3n) is 5.98. The first-order chi connectivity index (χ1) is 18.1. The van der Waals surface area contributed by atoms with Crippen LogP contribution in [0.15, 0.2) is 78.9 Å². The lowest BCUT2D eigenvalue weighted by Crippen LogP contribution is -2.50. The molecule has 0 aromatic heterocycles. The van der Waals surface area contributed by atoms with Crippen molar-refractivity contribution in [2.24, 2.45) is 0 Å². The number of nitrogens with one attached hydrogen (secondary N) is 1. The summed E-state index contributed by atoms with van der Waals surface area (Å²) in [6.45, 7) is 1.61. The largest absolute Gasteiger partial charge is 0.497 e. The molecule has 2 amide bonds. The van der Waals surface area contributed by atoms with E-state index in [-0.39, 0.29) is 12.5 Å². The van der Waals surface area contributed by atoms with E-state index in [0.29, 0.717) is 23.8 Å². The number of anilines is 1. The van der Waals surface area contributed by atoms with Crippen LogP contribution in [0.4, 0.5) is 5.69 Å². The van der Waals surface area contributed by atoms with Gasteiger partial charge in [0.15, 0.2) is 0 Å². The maximum absolute atomic E-state index is 13.5. The molecule has 1 N–H and O–H groups in total. The number of hydrogen-bond donors (Lipinski definition) is 1. The molecule has 0 heterocycles. The van der Waals surface area contributed by atoms with Crippen molar-refractivity contribution in [3.63, 3.8) is 0 Å². The van der Waals surface area contributed by atoms with Crippen molar-refractivity contribution in [3.05, 3.63) is 90.0 Å². The molecule has 1 atom stereocenters. The number of rotatable bonds is 12. The van der Waals surface area contributed by atoms with Crippen LogP contribution in [0.3, 0.4) is 0 Å². The molecule has 3 aromatic rings. The first-order valence-corrected chi connectivity index (χ1v) is 13.9. The maximum Gasteiger partial charge on any atom is 0.244 e. The number of amides is 2. The van der Waals surface area contributed by atoms with Crippen molar-refractivity contribution in [2.45, 2.75) is 26.1 Å². The van der Waals surface area contributed by atoms with Crippen LogP contribution in [0, 0.1) is 0 Å². The van der Waals surface area contributed by atoms with E-state index in [0.717, 1.165) is 21.7 Å². The van der Waals surface area contributed by atoms with Crippen molar-refractivity contribution in [2.75, 3.05) is 31.3 Å². The highest BCUT2D eigenvalue weighted by Gasteiger charge is 2.29. The number of likely N-dealkylation sites (N-methyl/N-ethyl adjacent to an activating group) is 1. The molecule has 9 nitrogen and oxygen atoms in total. The summed E-state index contributed by atoms with van der Waals surface area (Å²) in [5.74, 6) is 0.335. The van der Waals surface area contributed by atoms with Gasteiger partial charge in [-0.2, -0.15) is 0 Å². The molecule has 0 fully saturated rings. The fourth-order valence-corrected chi connectivity index (χ4v) is 4.63. The summed E-state index contributed by atoms with van der Waals surface area (Å²) in [7, 11) is -0.779. The molecule has 0 aliphatic carbocycles. The van der Waals surface area contributed by atoms with Crippen LogP contribution in [0.1, 0.15) is 18.1 Å². The summed E-state index contributed by atoms with van der Waals surface area (Å²) in [5.41, 5.74) is 2.08. The second kappa shape index (κ2) is 13.0. The maximum atomic E-state index is 13.5. The molecule has 3 rings (SSSR count). The van der Waals surface area contributed by atoms with Gasteiger partial charge in [-0.1, -0.05) is 42.5 Å². The van der Waals surface area contributed by atoms with Crippen LogP contribution in [0.2, 0.25) is 0 Å². The Morgan fingerprint density at radius 1 is 0.895 bits per heavy atom. The van der Waals surface area contributed by atoms with Crippen molar-refractivity contribution < 1.29 is 27.5 Å². The summed E-state index contributed by atoms with van der Waals surface area (Å²) < 4.78 is 37.4. The van der Waals surface area contributed by atoms with E-state index < -0.39 is 28.5 Å². The Morgan fingerprint density at radius 2 is 1.50 bits per heavy atom. The second-order valence-electron chi connectivity index (χ2n) is 8.70. The van der Waals surface area contributed by atoms with Crippen molar-refractivity contribution in [1.82, 2.24) is 10.2 Å². The van der Waals surface area contributed by atoms with E-state index in [9.17, 15) is 18.0 Å². The van der Waals surface area contributed by atoms with Gasteiger partial charge in [-0.15, -0.1) is 0 Å². The zero-order chi connectivity index (χ0) is 27.7. The van der Waals surface area contributed by atoms with Crippen LogP contribution in [0.25, 0.3) is 0 Å². The summed E-state index contributed by atoms with van der Waals surface area (Å²) in [4.78, 5) is 27.3. The highest BCUT2D eigenvalue weighted by molar-refractivity contribution is 7.92. The van der Waals surface area contributed by atoms with E-state index >= 15 is 0 Å². The van der Waals surface area contributed by atoms with Crippen LogP contribution in [-0.4, -0.2) is 58.1 Å². The van der Waals surface area contributed by atoms with E-state index in [4.69, 9.17) is 9.47 Å². The third kappa shape index (κ3) is 7.72. The fraction of sp³-hybridized carbons (Fsp3) is 0.286. The van der Waals surface area contributed by atoms with Gasteiger partial charge in [0, 0.05) is 13.6 Å². The number of carbonyl (C=O) groups is 2. The van der Waals surface area contributed by atoms with Gasteiger partial charge in [-0.25, -0.2) is 8.42 Å². The molecule has 0 aliphatic heterocycles. The molecule has 0 aliphatic rings. The third-order valence-corrected chi connectivity index (χ3v) is 7.12. The second-order valence-corrected chi connectivity index (χ2v) is 10.6. The first-order valence-electron chi connectivity index (χ1n) is 12.0. The lowest BCUT2D eigenvalue weighted by molar-refractivity contribution is -0.139. The number of hydrogen-bond acceptors (Lipinski definition) is 6. The van der Waals surface area contributed by atoms with Crippen LogP contribution in [0.5, 0.6) is 11.5 Å². The molecular formula is C28H33N3O6S. The van der Waals surface area contributed by atoms with Gasteiger partial charge in [-0.05, 0) is 54.4 Å². The molecule has 0 spiro atoms. The van der Waals surface area contributed by atoms with Crippen molar-refractivity contribution in [3.8, 4) is 11.5 Å². The lowest BCUT2D eigenvalue weighted by atomic mass is 10.1. The minimum atomic E-state index is -3.82. The van der Waals surface area contributed by atoms with E-state index in [1.807, 2.05) is 30.3 Å². The van der Waals surface area contributed by atoms with Gasteiger partial charge in [0.25, 0.3) is 0 Å². The Hall–Kier alpha value is -4.05. The molecule has 3 aromatic carbocycles. The van der Waals surface area contributed by atoms with Crippen LogP contribution < -0.4 is 19.1 Å². The average molecular weight is 540 g/mol. The molecule has 1 unspecified atom stereocenters. The van der Waals surface area contributed by atoms with Crippen LogP contribution in [-0.2, 0) is 32.8 Å². The summed E-state index contributed by atoms with van der Waals surface area (Å²) in [5, 5.41) is 2.55. The summed E-state index contributed by atoms with van der Waals surface area (Å²) in [6.07, 6.45) is 1.04. The lowest BCUT2D eigenvalue weighted by Gasteiger charge is -2.31. The summed E-state index contributed by atoms with van der Waals surface area (Å²) >= 11 is 0. The molecule has 202 valence electrons. The van der Waals surface area contributed by atoms with Gasteiger partial charge in [-0.3, -0.25) is 13.9 Å². The molecule has 0 radical (unpaired) electrons. The highest BCUT2D eigenvalue weighted by Crippen LogP contribution is 2.23. The predicted octanol–water partition coefficient (Wildman–Crippen LogP) is 3.20. The monoisotopic (exact) mass is 539 g/mol. The van der Waals surface area contributed by atoms with Gasteiger partial charge in [0.1, 0.15) is 30.7 Å². The number of sulfonamides is 1. The number of methoxy groups -OCH3 is 1. The fourth-order valence-electron chi connectivity index (χ4n) is 3.78. The Morgan fingerprint density at radius 3 is 2.05 bits per heavy atom. The van der Waals surface area contributed by atoms with Gasteiger partial charge < -0.3 is 19.7 Å². The van der Waals surface area contributed by atoms with Crippen molar-refractivity contribution >= 4 is 27.5 Å². The van der Waals surface area contributed by atoms with Gasteiger partial charge in [0.05, 0.1) is 19.1 Å². The quantitative estimate of drug-likeness (QED) is 0.379. The molecule has 0 bridgehead atoms. The smallest absolute Gasteiger partial charge is 0.244 e. The predicted molar refractivity (Wildman–Crippen MR) is 146 cm³/mol. The van der Waals surface area contributed by atoms with Crippen LogP contribution >= 0.6 is 0 Å².